The number of nitrogens with zero attached hydrogens (tertiary/aromatic N) is 4. The van der Waals surface area contributed by atoms with E-state index in [0.29, 0.717) is 80.8 Å². The van der Waals surface area contributed by atoms with Gasteiger partial charge in [0.2, 0.25) is 11.8 Å². The van der Waals surface area contributed by atoms with Gasteiger partial charge in [-0.25, -0.2) is 4.98 Å². The third-order valence-corrected chi connectivity index (χ3v) is 17.0. The highest BCUT2D eigenvalue weighted by Gasteiger charge is 2.46. The van der Waals surface area contributed by atoms with Gasteiger partial charge in [0.1, 0.15) is 30.2 Å². The summed E-state index contributed by atoms with van der Waals surface area (Å²) in [6, 6.07) is 25.6. The quantitative estimate of drug-likeness (QED) is 0.0376. The first-order valence-electron chi connectivity index (χ1n) is 29.3. The van der Waals surface area contributed by atoms with Crippen LogP contribution in [0.2, 0.25) is 0 Å². The first-order valence-corrected chi connectivity index (χ1v) is 30.1. The van der Waals surface area contributed by atoms with Crippen LogP contribution in [0.15, 0.2) is 95.2 Å². The molecule has 0 bridgehead atoms. The van der Waals surface area contributed by atoms with Crippen LogP contribution in [-0.4, -0.2) is 139 Å². The Balaban J connectivity index is 0.738. The van der Waals surface area contributed by atoms with Gasteiger partial charge in [0.15, 0.2) is 0 Å². The number of nitrogens with one attached hydrogen (secondary N) is 3. The number of aromatic nitrogens is 2. The Kier molecular flexibility index (Phi) is 20.7. The summed E-state index contributed by atoms with van der Waals surface area (Å²) in [6.45, 7) is 18.5. The first kappa shape index (κ1) is 61.1. The van der Waals surface area contributed by atoms with E-state index in [9.17, 15) is 29.1 Å². The van der Waals surface area contributed by atoms with Gasteiger partial charge in [0, 0.05) is 105 Å². The van der Waals surface area contributed by atoms with Crippen LogP contribution < -0.4 is 30.6 Å². The molecule has 2 aromatic heterocycles. The Labute approximate surface area is 495 Å². The number of amides is 4. The average molecular weight is 1170 g/mol. The Morgan fingerprint density at radius 2 is 1.58 bits per heavy atom. The number of anilines is 1. The number of ether oxygens (including phenoxy) is 5. The second kappa shape index (κ2) is 28.4. The number of aromatic amines is 1. The van der Waals surface area contributed by atoms with Gasteiger partial charge >= 0.3 is 0 Å². The summed E-state index contributed by atoms with van der Waals surface area (Å²) in [4.78, 5) is 82.3. The third-order valence-electron chi connectivity index (χ3n) is 16.0. The van der Waals surface area contributed by atoms with Gasteiger partial charge in [-0.15, -0.1) is 11.3 Å². The van der Waals surface area contributed by atoms with Crippen LogP contribution in [0.3, 0.4) is 0 Å². The molecule has 84 heavy (non-hydrogen) atoms. The molecule has 5 heterocycles. The van der Waals surface area contributed by atoms with Crippen LogP contribution in [0.25, 0.3) is 21.6 Å². The van der Waals surface area contributed by atoms with Gasteiger partial charge in [-0.2, -0.15) is 0 Å². The van der Waals surface area contributed by atoms with Crippen LogP contribution in [0.4, 0.5) is 5.69 Å². The lowest BCUT2D eigenvalue weighted by atomic mass is 9.95. The van der Waals surface area contributed by atoms with Crippen LogP contribution >= 0.6 is 11.3 Å². The Morgan fingerprint density at radius 1 is 0.845 bits per heavy atom. The van der Waals surface area contributed by atoms with E-state index < -0.39 is 24.1 Å². The highest BCUT2D eigenvalue weighted by Crippen LogP contribution is 2.36. The van der Waals surface area contributed by atoms with Crippen molar-refractivity contribution in [3.8, 4) is 33.1 Å². The number of thiazole rings is 1. The fourth-order valence-electron chi connectivity index (χ4n) is 11.6. The molecule has 2 fully saturated rings. The second-order valence-corrected chi connectivity index (χ2v) is 23.1. The molecule has 6 aromatic rings. The number of aryl methyl sites for hydroxylation is 3. The molecule has 4 amide bonds. The minimum Gasteiger partial charge on any atom is -0.494 e. The number of rotatable bonds is 26. The fraction of sp³-hybridized carbons (Fsp3) is 0.446. The molecule has 4 N–H and O–H groups in total. The predicted molar refractivity (Wildman–Crippen MR) is 324 cm³/mol. The monoisotopic (exact) mass is 1170 g/mol. The Bertz CT molecular complexity index is 3340. The summed E-state index contributed by atoms with van der Waals surface area (Å²) in [6.07, 6.45) is 1.65. The van der Waals surface area contributed by atoms with Crippen molar-refractivity contribution in [2.24, 2.45) is 5.92 Å². The van der Waals surface area contributed by atoms with Crippen LogP contribution in [-0.2, 0) is 43.4 Å². The van der Waals surface area contributed by atoms with E-state index in [-0.39, 0.29) is 74.5 Å². The number of likely N-dealkylation sites (tertiary alicyclic amines) is 1. The number of hydrogen-bond donors (Lipinski definition) is 4. The SMILES string of the molecule is CCN(c1cc(-c2ccc(OCCCOCCOCCOc3cc(-c4scnc4C)ccc3CNC(=O)[C@@H]3C[C@@H](O)CN3C(=O)C(C(C)C)N3Cc4ccccc4C3=O)cc2)cc(C(=O)NCc2c(C)cc(C)[nH]c2=O)c1C)C1CCOCC1. The van der Waals surface area contributed by atoms with E-state index in [2.05, 4.69) is 38.5 Å². The van der Waals surface area contributed by atoms with Gasteiger partial charge < -0.3 is 59.1 Å². The van der Waals surface area contributed by atoms with E-state index in [0.717, 1.165) is 80.3 Å². The third kappa shape index (κ3) is 14.6. The molecule has 2 saturated heterocycles. The summed E-state index contributed by atoms with van der Waals surface area (Å²) < 4.78 is 29.9. The van der Waals surface area contributed by atoms with Crippen molar-refractivity contribution in [3.05, 3.63) is 151 Å². The van der Waals surface area contributed by atoms with Crippen LogP contribution in [0, 0.1) is 33.6 Å². The molecule has 446 valence electrons. The van der Waals surface area contributed by atoms with Crippen LogP contribution in [0.5, 0.6) is 11.5 Å². The van der Waals surface area contributed by atoms with Gasteiger partial charge in [-0.3, -0.25) is 24.0 Å². The average Bonchev–Trinajstić information content (AvgIpc) is 4.02. The van der Waals surface area contributed by atoms with Crippen LogP contribution in [0.1, 0.15) is 106 Å². The number of aliphatic hydroxyl groups excluding tert-OH is 1. The predicted octanol–water partition coefficient (Wildman–Crippen LogP) is 8.47. The smallest absolute Gasteiger partial charge is 0.255 e. The zero-order valence-corrected chi connectivity index (χ0v) is 50.1. The molecule has 0 saturated carbocycles. The number of H-pyrrole nitrogens is 1. The molecule has 9 rings (SSSR count). The van der Waals surface area contributed by atoms with Crippen molar-refractivity contribution in [2.45, 2.75) is 118 Å². The first-order chi connectivity index (χ1) is 40.6. The minimum absolute atomic E-state index is 0.00875. The summed E-state index contributed by atoms with van der Waals surface area (Å²) in [5, 5.41) is 16.8. The number of fused-ring (bicyclic) bond motifs is 1. The van der Waals surface area contributed by atoms with Gasteiger partial charge in [0.05, 0.1) is 48.6 Å². The standard InChI is InChI=1S/C65H79N7O11S/c1-8-70(50-20-24-80-25-21-50)56-32-49(31-54(43(56)6)61(74)67-36-55-41(4)30-42(5)69-62(55)75)45-16-18-52(19-17-45)82-23-11-22-79-26-27-81-28-29-83-58-33-46(60-44(7)68-39-84-60)14-15-47(58)35-66-63(76)57-34-51(73)38-71(57)65(78)59(40(2)3)72-37-48-12-9-10-13-53(48)64(72)77/h9-10,12-19,30-33,39-40,50-51,57,59,73H,8,11,20-29,34-38H2,1-7H3,(H,66,76)(H,67,74)(H,69,75)/t51-,57+,59?/m1/s1. The number of aliphatic hydroxyl groups is 1. The number of benzene rings is 4. The van der Waals surface area contributed by atoms with Crippen molar-refractivity contribution in [3.63, 3.8) is 0 Å². The Morgan fingerprint density at radius 3 is 2.30 bits per heavy atom. The Hall–Kier alpha value is -7.42. The number of pyridine rings is 1. The lowest BCUT2D eigenvalue weighted by Gasteiger charge is -2.37. The molecule has 0 radical (unpaired) electrons. The lowest BCUT2D eigenvalue weighted by molar-refractivity contribution is -0.143. The molecule has 0 aliphatic carbocycles. The fourth-order valence-corrected chi connectivity index (χ4v) is 12.4. The zero-order valence-electron chi connectivity index (χ0n) is 49.3. The molecule has 3 aliphatic rings. The molecular weight excluding hydrogens is 1090 g/mol. The van der Waals surface area contributed by atoms with Gasteiger partial charge in [0.25, 0.3) is 17.4 Å². The van der Waals surface area contributed by atoms with Gasteiger partial charge in [-0.05, 0) is 129 Å². The topological polar surface area (TPSA) is 214 Å². The summed E-state index contributed by atoms with van der Waals surface area (Å²) in [5.74, 6) is -0.182. The molecule has 19 heteroatoms. The molecule has 3 atom stereocenters. The largest absolute Gasteiger partial charge is 0.494 e. The maximum absolute atomic E-state index is 14.3. The number of carbonyl (C=O) groups is 4. The molecular formula is C65H79N7O11S. The molecule has 1 unspecified atom stereocenters. The summed E-state index contributed by atoms with van der Waals surface area (Å²) in [5.41, 5.74) is 12.0. The molecule has 0 spiro atoms. The molecule has 4 aromatic carbocycles. The van der Waals surface area contributed by atoms with Crippen molar-refractivity contribution in [2.75, 3.05) is 70.8 Å². The minimum atomic E-state index is -0.922. The van der Waals surface area contributed by atoms with E-state index >= 15 is 0 Å². The molecule has 3 aliphatic heterocycles. The summed E-state index contributed by atoms with van der Waals surface area (Å²) >= 11 is 1.53. The number of carbonyl (C=O) groups excluding carboxylic acids is 4. The number of hydrogen-bond acceptors (Lipinski definition) is 14. The normalized spacial score (nSPS) is 16.5. The maximum atomic E-state index is 14.3. The molecule has 18 nitrogen and oxygen atoms in total. The van der Waals surface area contributed by atoms with E-state index in [1.54, 1.807) is 16.5 Å². The highest BCUT2D eigenvalue weighted by atomic mass is 32.1. The van der Waals surface area contributed by atoms with Crippen molar-refractivity contribution in [1.82, 2.24) is 30.4 Å². The van der Waals surface area contributed by atoms with Crippen molar-refractivity contribution in [1.29, 1.82) is 0 Å². The van der Waals surface area contributed by atoms with Crippen molar-refractivity contribution >= 4 is 40.7 Å². The second-order valence-electron chi connectivity index (χ2n) is 22.2. The number of β-amino-alcohol motifs (C(OH)–C–C–N with tert-alkyl or cyclic N) is 1. The van der Waals surface area contributed by atoms with Gasteiger partial charge in [-0.1, -0.05) is 56.3 Å². The zero-order chi connectivity index (χ0) is 59.4. The van der Waals surface area contributed by atoms with E-state index in [1.807, 2.05) is 114 Å². The lowest BCUT2D eigenvalue weighted by Crippen LogP contribution is -2.55. The summed E-state index contributed by atoms with van der Waals surface area (Å²) in [7, 11) is 0. The van der Waals surface area contributed by atoms with E-state index in [1.165, 1.54) is 16.2 Å². The highest BCUT2D eigenvalue weighted by molar-refractivity contribution is 7.13. The maximum Gasteiger partial charge on any atom is 0.255 e. The van der Waals surface area contributed by atoms with Crippen molar-refractivity contribution < 1.29 is 48.0 Å². The van der Waals surface area contributed by atoms with E-state index in [4.69, 9.17) is 23.7 Å².